The number of carbonyl (C=O) groups is 1. The molecular weight excluding hydrogens is 266 g/mol. The van der Waals surface area contributed by atoms with Gasteiger partial charge in [0.1, 0.15) is 0 Å². The van der Waals surface area contributed by atoms with Gasteiger partial charge in [-0.15, -0.1) is 0 Å². The normalized spacial score (nSPS) is 19.1. The zero-order chi connectivity index (χ0) is 15.2. The molecule has 1 aromatic rings. The molecule has 4 nitrogen and oxygen atoms in total. The van der Waals surface area contributed by atoms with Crippen LogP contribution in [-0.4, -0.2) is 36.9 Å². The van der Waals surface area contributed by atoms with Gasteiger partial charge in [0.25, 0.3) is 0 Å². The van der Waals surface area contributed by atoms with E-state index in [0.29, 0.717) is 6.10 Å². The van der Waals surface area contributed by atoms with Crippen LogP contribution >= 0.6 is 0 Å². The lowest BCUT2D eigenvalue weighted by atomic mass is 10.0. The number of piperidine rings is 1. The van der Waals surface area contributed by atoms with Crippen LogP contribution in [0, 0.1) is 6.92 Å². The molecule has 1 atom stereocenters. The Morgan fingerprint density at radius 2 is 2.33 bits per heavy atom. The Bertz CT molecular complexity index is 523. The summed E-state index contributed by atoms with van der Waals surface area (Å²) in [6.45, 7) is 6.84. The van der Waals surface area contributed by atoms with Gasteiger partial charge in [-0.3, -0.25) is 0 Å². The van der Waals surface area contributed by atoms with Gasteiger partial charge in [-0.25, -0.2) is 4.79 Å². The third-order valence-corrected chi connectivity index (χ3v) is 3.76. The van der Waals surface area contributed by atoms with E-state index in [9.17, 15) is 4.79 Å². The second kappa shape index (κ2) is 7.27. The zero-order valence-electron chi connectivity index (χ0n) is 12.7. The van der Waals surface area contributed by atoms with Gasteiger partial charge in [0.2, 0.25) is 0 Å². The first-order chi connectivity index (χ1) is 10.1. The summed E-state index contributed by atoms with van der Waals surface area (Å²) >= 11 is 0. The highest BCUT2D eigenvalue weighted by atomic mass is 16.5. The van der Waals surface area contributed by atoms with Crippen LogP contribution in [0.4, 0.5) is 5.69 Å². The Morgan fingerprint density at radius 1 is 1.52 bits per heavy atom. The maximum atomic E-state index is 10.6. The smallest absolute Gasteiger partial charge is 0.328 e. The molecule has 1 saturated heterocycles. The Morgan fingerprint density at radius 3 is 3.00 bits per heavy atom. The second-order valence-electron chi connectivity index (χ2n) is 5.38. The van der Waals surface area contributed by atoms with Crippen molar-refractivity contribution in [2.75, 3.05) is 24.6 Å². The Hall–Kier alpha value is -1.81. The van der Waals surface area contributed by atoms with Crippen LogP contribution in [0.15, 0.2) is 24.3 Å². The fraction of sp³-hybridized carbons (Fsp3) is 0.471. The van der Waals surface area contributed by atoms with Crippen LogP contribution in [0.5, 0.6) is 0 Å². The van der Waals surface area contributed by atoms with Gasteiger partial charge in [0, 0.05) is 31.5 Å². The summed E-state index contributed by atoms with van der Waals surface area (Å²) in [6, 6.07) is 6.07. The summed E-state index contributed by atoms with van der Waals surface area (Å²) in [5.74, 6) is -0.924. The van der Waals surface area contributed by atoms with Crippen molar-refractivity contribution in [1.29, 1.82) is 0 Å². The van der Waals surface area contributed by atoms with Crippen molar-refractivity contribution in [2.45, 2.75) is 32.8 Å². The molecule has 0 aromatic heterocycles. The number of nitrogens with zero attached hydrogens (tertiary/aromatic N) is 1. The predicted molar refractivity (Wildman–Crippen MR) is 84.7 cm³/mol. The van der Waals surface area contributed by atoms with Crippen LogP contribution in [0.25, 0.3) is 6.08 Å². The zero-order valence-corrected chi connectivity index (χ0v) is 12.7. The molecule has 1 N–H and O–H groups in total. The number of carboxylic acid groups (broad SMARTS) is 1. The van der Waals surface area contributed by atoms with Gasteiger partial charge in [-0.05, 0) is 56.0 Å². The lowest BCUT2D eigenvalue weighted by Crippen LogP contribution is -2.40. The van der Waals surface area contributed by atoms with E-state index in [0.717, 1.165) is 38.1 Å². The highest BCUT2D eigenvalue weighted by Crippen LogP contribution is 2.26. The fourth-order valence-electron chi connectivity index (χ4n) is 2.83. The van der Waals surface area contributed by atoms with E-state index < -0.39 is 5.97 Å². The average Bonchev–Trinajstić information content (AvgIpc) is 2.46. The van der Waals surface area contributed by atoms with Crippen molar-refractivity contribution in [1.82, 2.24) is 0 Å². The third-order valence-electron chi connectivity index (χ3n) is 3.76. The lowest BCUT2D eigenvalue weighted by Gasteiger charge is -2.35. The van der Waals surface area contributed by atoms with Crippen LogP contribution in [0.3, 0.4) is 0 Å². The summed E-state index contributed by atoms with van der Waals surface area (Å²) in [7, 11) is 0. The molecule has 4 heteroatoms. The summed E-state index contributed by atoms with van der Waals surface area (Å²) in [6.07, 6.45) is 5.38. The summed E-state index contributed by atoms with van der Waals surface area (Å²) in [5, 5.41) is 8.67. The van der Waals surface area contributed by atoms with Crippen LogP contribution in [0.2, 0.25) is 0 Å². The molecule has 0 bridgehead atoms. The number of ether oxygens (including phenoxy) is 1. The second-order valence-corrected chi connectivity index (χ2v) is 5.38. The first-order valence-electron chi connectivity index (χ1n) is 7.48. The van der Waals surface area contributed by atoms with Crippen LogP contribution < -0.4 is 4.90 Å². The van der Waals surface area contributed by atoms with Gasteiger partial charge < -0.3 is 14.7 Å². The lowest BCUT2D eigenvalue weighted by molar-refractivity contribution is -0.131. The van der Waals surface area contributed by atoms with Crippen molar-refractivity contribution in [3.63, 3.8) is 0 Å². The topological polar surface area (TPSA) is 49.8 Å². The summed E-state index contributed by atoms with van der Waals surface area (Å²) in [4.78, 5) is 12.9. The van der Waals surface area contributed by atoms with Crippen LogP contribution in [0.1, 0.15) is 30.9 Å². The van der Waals surface area contributed by atoms with E-state index in [1.807, 2.05) is 19.1 Å². The molecule has 1 aliphatic heterocycles. The van der Waals surface area contributed by atoms with Gasteiger partial charge in [0.05, 0.1) is 6.10 Å². The van der Waals surface area contributed by atoms with E-state index >= 15 is 0 Å². The maximum absolute atomic E-state index is 10.6. The molecule has 1 heterocycles. The average molecular weight is 289 g/mol. The molecule has 0 spiro atoms. The Kier molecular flexibility index (Phi) is 5.39. The van der Waals surface area contributed by atoms with E-state index in [2.05, 4.69) is 17.9 Å². The van der Waals surface area contributed by atoms with Gasteiger partial charge in [-0.1, -0.05) is 6.07 Å². The molecule has 0 aliphatic carbocycles. The third kappa shape index (κ3) is 4.33. The summed E-state index contributed by atoms with van der Waals surface area (Å²) in [5.41, 5.74) is 3.29. The van der Waals surface area contributed by atoms with Crippen molar-refractivity contribution in [3.05, 3.63) is 35.4 Å². The van der Waals surface area contributed by atoms with E-state index in [1.54, 1.807) is 6.08 Å². The largest absolute Gasteiger partial charge is 0.478 e. The number of hydrogen-bond donors (Lipinski definition) is 1. The quantitative estimate of drug-likeness (QED) is 0.846. The molecule has 1 fully saturated rings. The van der Waals surface area contributed by atoms with Gasteiger partial charge in [0.15, 0.2) is 0 Å². The number of aliphatic carboxylic acids is 1. The molecule has 1 aromatic carbocycles. The van der Waals surface area contributed by atoms with Crippen molar-refractivity contribution >= 4 is 17.7 Å². The molecule has 2 rings (SSSR count). The number of anilines is 1. The Labute approximate surface area is 126 Å². The van der Waals surface area contributed by atoms with Crippen LogP contribution in [-0.2, 0) is 9.53 Å². The molecule has 1 aliphatic rings. The van der Waals surface area contributed by atoms with Crippen molar-refractivity contribution in [2.24, 2.45) is 0 Å². The van der Waals surface area contributed by atoms with E-state index in [-0.39, 0.29) is 0 Å². The molecule has 1 unspecified atom stereocenters. The standard InChI is InChI=1S/C17H23NO3/c1-3-21-15-5-4-10-18(12-15)16-8-6-14(11-13(16)2)7-9-17(19)20/h6-9,11,15H,3-5,10,12H2,1-2H3,(H,19,20). The minimum Gasteiger partial charge on any atom is -0.478 e. The molecular formula is C17H23NO3. The number of aryl methyl sites for hydroxylation is 1. The maximum Gasteiger partial charge on any atom is 0.328 e. The van der Waals surface area contributed by atoms with E-state index in [1.165, 1.54) is 17.3 Å². The highest BCUT2D eigenvalue weighted by molar-refractivity contribution is 5.85. The number of rotatable bonds is 5. The minimum atomic E-state index is -0.924. The molecule has 21 heavy (non-hydrogen) atoms. The van der Waals surface area contributed by atoms with Crippen molar-refractivity contribution < 1.29 is 14.6 Å². The fourth-order valence-corrected chi connectivity index (χ4v) is 2.83. The Balaban J connectivity index is 2.11. The van der Waals surface area contributed by atoms with Gasteiger partial charge in [-0.2, -0.15) is 0 Å². The minimum absolute atomic E-state index is 0.315. The number of carboxylic acids is 1. The molecule has 0 saturated carbocycles. The monoisotopic (exact) mass is 289 g/mol. The first-order valence-corrected chi connectivity index (χ1v) is 7.48. The molecule has 0 amide bonds. The van der Waals surface area contributed by atoms with Crippen molar-refractivity contribution in [3.8, 4) is 0 Å². The number of hydrogen-bond acceptors (Lipinski definition) is 3. The summed E-state index contributed by atoms with van der Waals surface area (Å²) < 4.78 is 5.74. The predicted octanol–water partition coefficient (Wildman–Crippen LogP) is 3.10. The van der Waals surface area contributed by atoms with E-state index in [4.69, 9.17) is 9.84 Å². The highest BCUT2D eigenvalue weighted by Gasteiger charge is 2.21. The SMILES string of the molecule is CCOC1CCCN(c2ccc(C=CC(=O)O)cc2C)C1. The number of benzene rings is 1. The first kappa shape index (κ1) is 15.6. The van der Waals surface area contributed by atoms with Gasteiger partial charge >= 0.3 is 5.97 Å². The molecule has 114 valence electrons. The molecule has 0 radical (unpaired) electrons.